The fourth-order valence-electron chi connectivity index (χ4n) is 5.53. The molecule has 0 atom stereocenters. The standard InChI is InChI=1S/C29H34FN7OS/c1-3-24-28(33(2)29-32-25(20-39-29)21-6-8-22(30)9-7-21)37-18-23(10-11-26(37)31-24)35-16-14-34(15-17-35)19-27(38)36-12-4-5-13-36/h6-11,18,20H,3-5,12-17,19H2,1-2H3. The van der Waals surface area contributed by atoms with Crippen LogP contribution < -0.4 is 9.80 Å². The van der Waals surface area contributed by atoms with Crippen LogP contribution in [0.15, 0.2) is 48.0 Å². The molecule has 0 saturated carbocycles. The van der Waals surface area contributed by atoms with Crippen molar-refractivity contribution in [3.05, 3.63) is 59.5 Å². The summed E-state index contributed by atoms with van der Waals surface area (Å²) in [6, 6.07) is 10.7. The average molecular weight is 548 g/mol. The van der Waals surface area contributed by atoms with E-state index in [0.29, 0.717) is 6.54 Å². The Labute approximate surface area is 232 Å². The Morgan fingerprint density at radius 2 is 1.74 bits per heavy atom. The molecule has 39 heavy (non-hydrogen) atoms. The van der Waals surface area contributed by atoms with Crippen LogP contribution in [0.1, 0.15) is 25.5 Å². The van der Waals surface area contributed by atoms with Gasteiger partial charge in [0.05, 0.1) is 23.6 Å². The van der Waals surface area contributed by atoms with Gasteiger partial charge in [0, 0.05) is 63.5 Å². The smallest absolute Gasteiger partial charge is 0.236 e. The lowest BCUT2D eigenvalue weighted by Crippen LogP contribution is -2.49. The van der Waals surface area contributed by atoms with Crippen LogP contribution in [0, 0.1) is 5.82 Å². The molecule has 2 aliphatic heterocycles. The fourth-order valence-corrected chi connectivity index (χ4v) is 6.33. The molecule has 2 saturated heterocycles. The second-order valence-corrected chi connectivity index (χ2v) is 11.1. The first-order valence-corrected chi connectivity index (χ1v) is 14.6. The maximum Gasteiger partial charge on any atom is 0.236 e. The molecule has 0 spiro atoms. The maximum atomic E-state index is 13.4. The first-order chi connectivity index (χ1) is 19.0. The number of halogens is 1. The van der Waals surface area contributed by atoms with Crippen molar-refractivity contribution in [3.8, 4) is 11.3 Å². The quantitative estimate of drug-likeness (QED) is 0.335. The highest BCUT2D eigenvalue weighted by Gasteiger charge is 2.25. The van der Waals surface area contributed by atoms with Gasteiger partial charge in [-0.2, -0.15) is 0 Å². The van der Waals surface area contributed by atoms with Gasteiger partial charge in [-0.25, -0.2) is 14.4 Å². The Morgan fingerprint density at radius 3 is 2.46 bits per heavy atom. The van der Waals surface area contributed by atoms with Gasteiger partial charge in [0.25, 0.3) is 0 Å². The molecule has 1 amide bonds. The molecule has 2 fully saturated rings. The van der Waals surface area contributed by atoms with Crippen molar-refractivity contribution in [2.75, 3.05) is 62.7 Å². The normalized spacial score (nSPS) is 16.4. The van der Waals surface area contributed by atoms with E-state index in [-0.39, 0.29) is 11.7 Å². The largest absolute Gasteiger partial charge is 0.368 e. The van der Waals surface area contributed by atoms with Gasteiger partial charge in [-0.05, 0) is 55.7 Å². The van der Waals surface area contributed by atoms with Crippen LogP contribution in [0.25, 0.3) is 16.9 Å². The number of aromatic nitrogens is 3. The van der Waals surface area contributed by atoms with Gasteiger partial charge < -0.3 is 14.7 Å². The summed E-state index contributed by atoms with van der Waals surface area (Å²) in [6.07, 6.45) is 5.24. The predicted molar refractivity (Wildman–Crippen MR) is 155 cm³/mol. The van der Waals surface area contributed by atoms with Crippen LogP contribution >= 0.6 is 11.3 Å². The predicted octanol–water partition coefficient (Wildman–Crippen LogP) is 4.67. The number of aryl methyl sites for hydroxylation is 1. The minimum absolute atomic E-state index is 0.252. The molecule has 0 radical (unpaired) electrons. The topological polar surface area (TPSA) is 60.2 Å². The highest BCUT2D eigenvalue weighted by Crippen LogP contribution is 2.34. The number of carbonyl (C=O) groups is 1. The number of piperazine rings is 1. The van der Waals surface area contributed by atoms with E-state index in [9.17, 15) is 9.18 Å². The van der Waals surface area contributed by atoms with Crippen LogP contribution in [0.4, 0.5) is 21.0 Å². The van der Waals surface area contributed by atoms with Gasteiger partial charge in [-0.15, -0.1) is 11.3 Å². The van der Waals surface area contributed by atoms with Crippen LogP contribution in [-0.4, -0.2) is 82.9 Å². The van der Waals surface area contributed by atoms with E-state index in [1.807, 2.05) is 17.3 Å². The van der Waals surface area contributed by atoms with E-state index in [1.54, 1.807) is 23.5 Å². The van der Waals surface area contributed by atoms with E-state index in [4.69, 9.17) is 9.97 Å². The summed E-state index contributed by atoms with van der Waals surface area (Å²) in [5, 5.41) is 2.86. The lowest BCUT2D eigenvalue weighted by Gasteiger charge is -2.36. The van der Waals surface area contributed by atoms with Gasteiger partial charge in [-0.1, -0.05) is 6.92 Å². The number of anilines is 3. The van der Waals surface area contributed by atoms with E-state index in [0.717, 1.165) is 97.8 Å². The van der Waals surface area contributed by atoms with Crippen LogP contribution in [0.2, 0.25) is 0 Å². The molecule has 0 bridgehead atoms. The molecule has 4 aromatic rings. The number of pyridine rings is 1. The van der Waals surface area contributed by atoms with Gasteiger partial charge in [0.15, 0.2) is 5.13 Å². The molecule has 2 aliphatic rings. The Kier molecular flexibility index (Phi) is 7.22. The van der Waals surface area contributed by atoms with Crippen molar-refractivity contribution in [1.82, 2.24) is 24.2 Å². The Balaban J connectivity index is 1.20. The van der Waals surface area contributed by atoms with Gasteiger partial charge in [0.2, 0.25) is 5.91 Å². The molecule has 5 heterocycles. The number of amides is 1. The summed E-state index contributed by atoms with van der Waals surface area (Å²) in [6.45, 7) is 7.98. The number of hydrogen-bond acceptors (Lipinski definition) is 7. The zero-order valence-corrected chi connectivity index (χ0v) is 23.3. The number of hydrogen-bond donors (Lipinski definition) is 0. The summed E-state index contributed by atoms with van der Waals surface area (Å²) in [5.74, 6) is 1.02. The van der Waals surface area contributed by atoms with Crippen molar-refractivity contribution in [1.29, 1.82) is 0 Å². The fraction of sp³-hybridized carbons (Fsp3) is 0.414. The molecule has 204 valence electrons. The van der Waals surface area contributed by atoms with Crippen molar-refractivity contribution in [3.63, 3.8) is 0 Å². The molecular formula is C29H34FN7OS. The molecule has 0 N–H and O–H groups in total. The van der Waals surface area contributed by atoms with Crippen LogP contribution in [0.5, 0.6) is 0 Å². The second kappa shape index (κ2) is 10.9. The number of benzene rings is 1. The molecule has 1 aromatic carbocycles. The molecule has 10 heteroatoms. The van der Waals surface area contributed by atoms with Crippen molar-refractivity contribution in [2.45, 2.75) is 26.2 Å². The third kappa shape index (κ3) is 5.23. The third-order valence-electron chi connectivity index (χ3n) is 7.77. The molecule has 0 aliphatic carbocycles. The highest BCUT2D eigenvalue weighted by molar-refractivity contribution is 7.14. The van der Waals surface area contributed by atoms with Gasteiger partial charge in [0.1, 0.15) is 17.3 Å². The Bertz CT molecular complexity index is 1450. The van der Waals surface area contributed by atoms with E-state index < -0.39 is 0 Å². The van der Waals surface area contributed by atoms with E-state index in [1.165, 1.54) is 12.1 Å². The van der Waals surface area contributed by atoms with E-state index >= 15 is 0 Å². The summed E-state index contributed by atoms with van der Waals surface area (Å²) in [7, 11) is 2.03. The molecule has 8 nitrogen and oxygen atoms in total. The summed E-state index contributed by atoms with van der Waals surface area (Å²) < 4.78 is 15.6. The minimum Gasteiger partial charge on any atom is -0.368 e. The average Bonchev–Trinajstić information content (AvgIpc) is 3.73. The summed E-state index contributed by atoms with van der Waals surface area (Å²) in [4.78, 5) is 31.1. The molecule has 6 rings (SSSR count). The van der Waals surface area contributed by atoms with Gasteiger partial charge in [-0.3, -0.25) is 14.1 Å². The molecular weight excluding hydrogens is 513 g/mol. The van der Waals surface area contributed by atoms with Crippen LogP contribution in [0.3, 0.4) is 0 Å². The summed E-state index contributed by atoms with van der Waals surface area (Å²) in [5.41, 5.74) is 4.79. The molecule has 3 aromatic heterocycles. The monoisotopic (exact) mass is 547 g/mol. The van der Waals surface area contributed by atoms with E-state index in [2.05, 4.69) is 44.4 Å². The zero-order valence-electron chi connectivity index (χ0n) is 22.5. The van der Waals surface area contributed by atoms with Crippen LogP contribution in [-0.2, 0) is 11.2 Å². The highest BCUT2D eigenvalue weighted by atomic mass is 32.1. The zero-order chi connectivity index (χ0) is 26.9. The number of carbonyl (C=O) groups excluding carboxylic acids is 1. The lowest BCUT2D eigenvalue weighted by atomic mass is 10.2. The first kappa shape index (κ1) is 25.8. The van der Waals surface area contributed by atoms with Gasteiger partial charge >= 0.3 is 0 Å². The number of thiazole rings is 1. The minimum atomic E-state index is -0.252. The lowest BCUT2D eigenvalue weighted by molar-refractivity contribution is -0.131. The number of nitrogens with zero attached hydrogens (tertiary/aromatic N) is 7. The molecule has 0 unspecified atom stereocenters. The first-order valence-electron chi connectivity index (χ1n) is 13.7. The van der Waals surface area contributed by atoms with Crippen molar-refractivity contribution in [2.24, 2.45) is 0 Å². The number of likely N-dealkylation sites (tertiary alicyclic amines) is 1. The van der Waals surface area contributed by atoms with Crippen molar-refractivity contribution >= 4 is 39.5 Å². The maximum absolute atomic E-state index is 13.4. The summed E-state index contributed by atoms with van der Waals surface area (Å²) >= 11 is 1.56. The number of imidazole rings is 1. The van der Waals surface area contributed by atoms with Crippen molar-refractivity contribution < 1.29 is 9.18 Å². The SMILES string of the molecule is CCc1nc2ccc(N3CCN(CC(=O)N4CCCC4)CC3)cn2c1N(C)c1nc(-c2ccc(F)cc2)cs1. The Morgan fingerprint density at radius 1 is 1.00 bits per heavy atom. The number of fused-ring (bicyclic) bond motifs is 1. The Hall–Kier alpha value is -3.50. The third-order valence-corrected chi connectivity index (χ3v) is 8.69. The number of rotatable bonds is 7. The second-order valence-electron chi connectivity index (χ2n) is 10.3.